The smallest absolute Gasteiger partial charge is 0.255 e. The second kappa shape index (κ2) is 6.84. The maximum Gasteiger partial charge on any atom is 0.255 e. The Balaban J connectivity index is 1.67. The lowest BCUT2D eigenvalue weighted by Gasteiger charge is -2.10. The molecule has 2 aromatic rings. The van der Waals surface area contributed by atoms with Gasteiger partial charge in [-0.1, -0.05) is 6.07 Å². The number of anilines is 1. The van der Waals surface area contributed by atoms with Crippen LogP contribution in [-0.2, 0) is 13.1 Å². The summed E-state index contributed by atoms with van der Waals surface area (Å²) in [7, 11) is 0. The van der Waals surface area contributed by atoms with Crippen molar-refractivity contribution in [2.75, 3.05) is 5.32 Å². The SMILES string of the molecule is CC(C)NC(=O)c1ccc(NC(=O)c2ccc3c(c2)CNC3)cc1. The van der Waals surface area contributed by atoms with E-state index in [1.165, 1.54) is 11.1 Å². The minimum absolute atomic E-state index is 0.0891. The van der Waals surface area contributed by atoms with Crippen molar-refractivity contribution in [3.05, 3.63) is 64.7 Å². The average Bonchev–Trinajstić information content (AvgIpc) is 3.02. The van der Waals surface area contributed by atoms with Crippen molar-refractivity contribution in [1.82, 2.24) is 10.6 Å². The van der Waals surface area contributed by atoms with Gasteiger partial charge in [0.2, 0.25) is 0 Å². The minimum Gasteiger partial charge on any atom is -0.350 e. The summed E-state index contributed by atoms with van der Waals surface area (Å²) in [6.45, 7) is 5.49. The van der Waals surface area contributed by atoms with E-state index in [1.807, 2.05) is 32.0 Å². The van der Waals surface area contributed by atoms with Gasteiger partial charge < -0.3 is 16.0 Å². The van der Waals surface area contributed by atoms with Crippen LogP contribution in [0.25, 0.3) is 0 Å². The van der Waals surface area contributed by atoms with E-state index in [4.69, 9.17) is 0 Å². The lowest BCUT2D eigenvalue weighted by molar-refractivity contribution is 0.0942. The first kappa shape index (κ1) is 16.2. The molecular formula is C19H21N3O2. The third-order valence-electron chi connectivity index (χ3n) is 3.92. The Morgan fingerprint density at radius 3 is 2.29 bits per heavy atom. The van der Waals surface area contributed by atoms with Crippen LogP contribution in [0.1, 0.15) is 45.7 Å². The van der Waals surface area contributed by atoms with Crippen molar-refractivity contribution in [2.45, 2.75) is 33.0 Å². The summed E-state index contributed by atoms with van der Waals surface area (Å²) in [4.78, 5) is 24.3. The first-order valence-corrected chi connectivity index (χ1v) is 8.08. The molecule has 0 aromatic heterocycles. The van der Waals surface area contributed by atoms with Crippen LogP contribution in [-0.4, -0.2) is 17.9 Å². The third-order valence-corrected chi connectivity index (χ3v) is 3.92. The number of benzene rings is 2. The van der Waals surface area contributed by atoms with Crippen molar-refractivity contribution in [1.29, 1.82) is 0 Å². The fraction of sp³-hybridized carbons (Fsp3) is 0.263. The molecule has 3 N–H and O–H groups in total. The fourth-order valence-corrected chi connectivity index (χ4v) is 2.69. The quantitative estimate of drug-likeness (QED) is 0.810. The molecule has 1 heterocycles. The van der Waals surface area contributed by atoms with E-state index in [0.29, 0.717) is 16.8 Å². The zero-order valence-electron chi connectivity index (χ0n) is 13.8. The Labute approximate surface area is 141 Å². The maximum atomic E-state index is 12.4. The van der Waals surface area contributed by atoms with E-state index in [9.17, 15) is 9.59 Å². The van der Waals surface area contributed by atoms with Gasteiger partial charge in [0.05, 0.1) is 0 Å². The monoisotopic (exact) mass is 323 g/mol. The lowest BCUT2D eigenvalue weighted by atomic mass is 10.1. The van der Waals surface area contributed by atoms with Crippen LogP contribution < -0.4 is 16.0 Å². The number of fused-ring (bicyclic) bond motifs is 1. The average molecular weight is 323 g/mol. The number of hydrogen-bond donors (Lipinski definition) is 3. The minimum atomic E-state index is -0.149. The van der Waals surface area contributed by atoms with Crippen LogP contribution in [0.4, 0.5) is 5.69 Å². The number of carbonyl (C=O) groups is 2. The molecule has 124 valence electrons. The molecule has 5 nitrogen and oxygen atoms in total. The summed E-state index contributed by atoms with van der Waals surface area (Å²) in [6, 6.07) is 12.7. The summed E-state index contributed by atoms with van der Waals surface area (Å²) < 4.78 is 0. The summed E-state index contributed by atoms with van der Waals surface area (Å²) in [5.74, 6) is -0.266. The van der Waals surface area contributed by atoms with Gasteiger partial charge in [0, 0.05) is 35.9 Å². The van der Waals surface area contributed by atoms with Gasteiger partial charge >= 0.3 is 0 Å². The highest BCUT2D eigenvalue weighted by Gasteiger charge is 2.14. The van der Waals surface area contributed by atoms with Crippen molar-refractivity contribution in [3.8, 4) is 0 Å². The topological polar surface area (TPSA) is 70.2 Å². The predicted molar refractivity (Wildman–Crippen MR) is 94.0 cm³/mol. The van der Waals surface area contributed by atoms with Gasteiger partial charge in [-0.25, -0.2) is 0 Å². The molecule has 1 aliphatic rings. The molecule has 2 aromatic carbocycles. The molecule has 0 saturated heterocycles. The first-order chi connectivity index (χ1) is 11.5. The van der Waals surface area contributed by atoms with Crippen molar-refractivity contribution >= 4 is 17.5 Å². The third kappa shape index (κ3) is 3.63. The van der Waals surface area contributed by atoms with Gasteiger partial charge in [0.25, 0.3) is 11.8 Å². The molecule has 0 bridgehead atoms. The van der Waals surface area contributed by atoms with Gasteiger partial charge in [-0.2, -0.15) is 0 Å². The van der Waals surface area contributed by atoms with Gasteiger partial charge in [-0.3, -0.25) is 9.59 Å². The highest BCUT2D eigenvalue weighted by molar-refractivity contribution is 6.04. The molecule has 0 atom stereocenters. The molecule has 0 fully saturated rings. The molecule has 0 unspecified atom stereocenters. The van der Waals surface area contributed by atoms with E-state index in [2.05, 4.69) is 16.0 Å². The Bertz CT molecular complexity index is 767. The number of nitrogens with one attached hydrogen (secondary N) is 3. The Hall–Kier alpha value is -2.66. The van der Waals surface area contributed by atoms with E-state index >= 15 is 0 Å². The second-order valence-electron chi connectivity index (χ2n) is 6.25. The summed E-state index contributed by atoms with van der Waals surface area (Å²) in [6.07, 6.45) is 0. The standard InChI is InChI=1S/C19H21N3O2/c1-12(2)21-18(23)13-5-7-17(8-6-13)22-19(24)14-3-4-15-10-20-11-16(15)9-14/h3-9,12,20H,10-11H2,1-2H3,(H,21,23)(H,22,24). The van der Waals surface area contributed by atoms with Crippen molar-refractivity contribution in [2.24, 2.45) is 0 Å². The lowest BCUT2D eigenvalue weighted by Crippen LogP contribution is -2.30. The van der Waals surface area contributed by atoms with Gasteiger partial charge in [0.1, 0.15) is 0 Å². The second-order valence-corrected chi connectivity index (χ2v) is 6.25. The number of carbonyl (C=O) groups excluding carboxylic acids is 2. The Kier molecular flexibility index (Phi) is 4.62. The molecule has 2 amide bonds. The summed E-state index contributed by atoms with van der Waals surface area (Å²) in [5.41, 5.74) is 4.29. The molecular weight excluding hydrogens is 302 g/mol. The first-order valence-electron chi connectivity index (χ1n) is 8.08. The van der Waals surface area contributed by atoms with Crippen LogP contribution in [0.2, 0.25) is 0 Å². The highest BCUT2D eigenvalue weighted by Crippen LogP contribution is 2.18. The summed E-state index contributed by atoms with van der Waals surface area (Å²) in [5, 5.41) is 8.97. The van der Waals surface area contributed by atoms with Gasteiger partial charge in [0.15, 0.2) is 0 Å². The van der Waals surface area contributed by atoms with Crippen LogP contribution in [0.3, 0.4) is 0 Å². The molecule has 5 heteroatoms. The van der Waals surface area contributed by atoms with E-state index in [1.54, 1.807) is 24.3 Å². The zero-order chi connectivity index (χ0) is 17.1. The number of hydrogen-bond acceptors (Lipinski definition) is 3. The predicted octanol–water partition coefficient (Wildman–Crippen LogP) is 2.68. The normalized spacial score (nSPS) is 12.8. The maximum absolute atomic E-state index is 12.4. The van der Waals surface area contributed by atoms with Crippen LogP contribution in [0.15, 0.2) is 42.5 Å². The van der Waals surface area contributed by atoms with Gasteiger partial charge in [-0.05, 0) is 61.4 Å². The van der Waals surface area contributed by atoms with Crippen LogP contribution >= 0.6 is 0 Å². The zero-order valence-corrected chi connectivity index (χ0v) is 13.8. The summed E-state index contributed by atoms with van der Waals surface area (Å²) >= 11 is 0. The van der Waals surface area contributed by atoms with Gasteiger partial charge in [-0.15, -0.1) is 0 Å². The molecule has 0 radical (unpaired) electrons. The molecule has 0 spiro atoms. The molecule has 0 saturated carbocycles. The highest BCUT2D eigenvalue weighted by atomic mass is 16.2. The molecule has 3 rings (SSSR count). The van der Waals surface area contributed by atoms with Crippen LogP contribution in [0.5, 0.6) is 0 Å². The Morgan fingerprint density at radius 2 is 1.58 bits per heavy atom. The van der Waals surface area contributed by atoms with E-state index in [-0.39, 0.29) is 17.9 Å². The van der Waals surface area contributed by atoms with Crippen LogP contribution in [0, 0.1) is 0 Å². The Morgan fingerprint density at radius 1 is 0.917 bits per heavy atom. The van der Waals surface area contributed by atoms with E-state index < -0.39 is 0 Å². The van der Waals surface area contributed by atoms with Crippen molar-refractivity contribution in [3.63, 3.8) is 0 Å². The molecule has 24 heavy (non-hydrogen) atoms. The molecule has 1 aliphatic heterocycles. The van der Waals surface area contributed by atoms with E-state index in [0.717, 1.165) is 13.1 Å². The fourth-order valence-electron chi connectivity index (χ4n) is 2.69. The van der Waals surface area contributed by atoms with Crippen molar-refractivity contribution < 1.29 is 9.59 Å². The largest absolute Gasteiger partial charge is 0.350 e. The number of rotatable bonds is 4. The molecule has 0 aliphatic carbocycles. The number of amides is 2.